The molecule has 0 aromatic heterocycles. The van der Waals surface area contributed by atoms with Crippen LogP contribution in [-0.2, 0) is 0 Å². The van der Waals surface area contributed by atoms with Gasteiger partial charge in [0.05, 0.1) is 0 Å². The quantitative estimate of drug-likeness (QED) is 0.564. The first-order valence-corrected chi connectivity index (χ1v) is 4.27. The van der Waals surface area contributed by atoms with E-state index in [1.54, 1.807) is 0 Å². The summed E-state index contributed by atoms with van der Waals surface area (Å²) in [7, 11) is 4.23. The van der Waals surface area contributed by atoms with Crippen molar-refractivity contribution >= 4 is 0 Å². The van der Waals surface area contributed by atoms with Crippen LogP contribution in [0.5, 0.6) is 0 Å². The van der Waals surface area contributed by atoms with Gasteiger partial charge in [-0.15, -0.1) is 0 Å². The average molecular weight is 155 g/mol. The third-order valence-corrected chi connectivity index (χ3v) is 1.89. The molecule has 0 bridgehead atoms. The second-order valence-corrected chi connectivity index (χ2v) is 3.96. The van der Waals surface area contributed by atoms with Crippen LogP contribution in [0.4, 0.5) is 0 Å². The Balaban J connectivity index is 4.01. The normalized spacial score (nSPS) is 14.1. The second kappa shape index (κ2) is 4.55. The van der Waals surface area contributed by atoms with E-state index in [0.29, 0.717) is 6.04 Å². The van der Waals surface area contributed by atoms with Crippen molar-refractivity contribution in [1.82, 2.24) is 4.90 Å². The van der Waals surface area contributed by atoms with Crippen LogP contribution in [0, 0.1) is 5.92 Å². The zero-order valence-corrected chi connectivity index (χ0v) is 8.52. The van der Waals surface area contributed by atoms with E-state index in [9.17, 15) is 0 Å². The SMILES string of the molecule is C=C(C)C(CC(C)C)N(C)C. The Bertz CT molecular complexity index is 125. The van der Waals surface area contributed by atoms with Crippen molar-refractivity contribution in [3.63, 3.8) is 0 Å². The van der Waals surface area contributed by atoms with Crippen LogP contribution in [0.1, 0.15) is 27.2 Å². The molecule has 0 spiro atoms. The van der Waals surface area contributed by atoms with Gasteiger partial charge in [-0.3, -0.25) is 0 Å². The predicted octanol–water partition coefficient (Wildman–Crippen LogP) is 2.54. The maximum atomic E-state index is 3.99. The van der Waals surface area contributed by atoms with E-state index in [-0.39, 0.29) is 0 Å². The summed E-state index contributed by atoms with van der Waals surface area (Å²) >= 11 is 0. The molecule has 0 rings (SSSR count). The lowest BCUT2D eigenvalue weighted by Gasteiger charge is -2.26. The Kier molecular flexibility index (Phi) is 4.43. The number of hydrogen-bond donors (Lipinski definition) is 0. The van der Waals surface area contributed by atoms with E-state index in [2.05, 4.69) is 46.3 Å². The summed E-state index contributed by atoms with van der Waals surface area (Å²) in [6.07, 6.45) is 1.21. The predicted molar refractivity (Wildman–Crippen MR) is 51.7 cm³/mol. The van der Waals surface area contributed by atoms with Gasteiger partial charge in [-0.05, 0) is 33.4 Å². The van der Waals surface area contributed by atoms with Gasteiger partial charge < -0.3 is 4.90 Å². The lowest BCUT2D eigenvalue weighted by Crippen LogP contribution is -2.29. The molecular weight excluding hydrogens is 134 g/mol. The summed E-state index contributed by atoms with van der Waals surface area (Å²) < 4.78 is 0. The minimum atomic E-state index is 0.551. The van der Waals surface area contributed by atoms with Crippen LogP contribution in [-0.4, -0.2) is 25.0 Å². The van der Waals surface area contributed by atoms with Gasteiger partial charge in [-0.1, -0.05) is 26.0 Å². The molecular formula is C10H21N. The Labute approximate surface area is 71.1 Å². The van der Waals surface area contributed by atoms with Crippen LogP contribution in [0.25, 0.3) is 0 Å². The third-order valence-electron chi connectivity index (χ3n) is 1.89. The molecule has 0 aromatic carbocycles. The van der Waals surface area contributed by atoms with Crippen LogP contribution >= 0.6 is 0 Å². The minimum absolute atomic E-state index is 0.551. The molecule has 0 aliphatic carbocycles. The van der Waals surface area contributed by atoms with Crippen LogP contribution < -0.4 is 0 Å². The minimum Gasteiger partial charge on any atom is -0.303 e. The molecule has 0 aromatic rings. The lowest BCUT2D eigenvalue weighted by molar-refractivity contribution is 0.289. The first-order chi connectivity index (χ1) is 4.95. The fourth-order valence-electron chi connectivity index (χ4n) is 1.30. The van der Waals surface area contributed by atoms with E-state index < -0.39 is 0 Å². The van der Waals surface area contributed by atoms with Crippen LogP contribution in [0.3, 0.4) is 0 Å². The van der Waals surface area contributed by atoms with Crippen LogP contribution in [0.15, 0.2) is 12.2 Å². The number of likely N-dealkylation sites (N-methyl/N-ethyl adjacent to an activating group) is 1. The van der Waals surface area contributed by atoms with Gasteiger partial charge in [0, 0.05) is 6.04 Å². The lowest BCUT2D eigenvalue weighted by atomic mass is 9.98. The highest BCUT2D eigenvalue weighted by Gasteiger charge is 2.12. The van der Waals surface area contributed by atoms with Gasteiger partial charge in [0.1, 0.15) is 0 Å². The highest BCUT2D eigenvalue weighted by atomic mass is 15.1. The summed E-state index contributed by atoms with van der Waals surface area (Å²) in [5, 5.41) is 0. The largest absolute Gasteiger partial charge is 0.303 e. The van der Waals surface area contributed by atoms with Gasteiger partial charge in [-0.25, -0.2) is 0 Å². The third kappa shape index (κ3) is 4.20. The highest BCUT2D eigenvalue weighted by Crippen LogP contribution is 2.14. The summed E-state index contributed by atoms with van der Waals surface area (Å²) in [6.45, 7) is 10.6. The molecule has 0 saturated heterocycles. The number of hydrogen-bond acceptors (Lipinski definition) is 1. The van der Waals surface area contributed by atoms with Gasteiger partial charge >= 0.3 is 0 Å². The molecule has 11 heavy (non-hydrogen) atoms. The summed E-state index contributed by atoms with van der Waals surface area (Å²) in [5.74, 6) is 0.749. The fraction of sp³-hybridized carbons (Fsp3) is 0.800. The summed E-state index contributed by atoms with van der Waals surface area (Å²) in [5.41, 5.74) is 1.27. The molecule has 0 aliphatic rings. The molecule has 66 valence electrons. The van der Waals surface area contributed by atoms with Crippen molar-refractivity contribution in [3.8, 4) is 0 Å². The van der Waals surface area contributed by atoms with Crippen molar-refractivity contribution in [2.45, 2.75) is 33.2 Å². The van der Waals surface area contributed by atoms with E-state index in [1.807, 2.05) is 0 Å². The van der Waals surface area contributed by atoms with Gasteiger partial charge in [0.2, 0.25) is 0 Å². The Morgan fingerprint density at radius 1 is 1.36 bits per heavy atom. The molecule has 1 nitrogen and oxygen atoms in total. The molecule has 0 amide bonds. The van der Waals surface area contributed by atoms with Gasteiger partial charge in [0.15, 0.2) is 0 Å². The van der Waals surface area contributed by atoms with E-state index >= 15 is 0 Å². The fourth-order valence-corrected chi connectivity index (χ4v) is 1.30. The number of nitrogens with zero attached hydrogens (tertiary/aromatic N) is 1. The van der Waals surface area contributed by atoms with Crippen molar-refractivity contribution in [2.75, 3.05) is 14.1 Å². The molecule has 0 aliphatic heterocycles. The van der Waals surface area contributed by atoms with Gasteiger partial charge in [-0.2, -0.15) is 0 Å². The first kappa shape index (κ1) is 10.7. The Morgan fingerprint density at radius 2 is 1.82 bits per heavy atom. The summed E-state index contributed by atoms with van der Waals surface area (Å²) in [4.78, 5) is 2.24. The number of rotatable bonds is 4. The smallest absolute Gasteiger partial charge is 0.0298 e. The monoisotopic (exact) mass is 155 g/mol. The standard InChI is InChI=1S/C10H21N/c1-8(2)7-10(9(3)4)11(5)6/h8,10H,3,7H2,1-2,4-6H3. The van der Waals surface area contributed by atoms with Crippen molar-refractivity contribution in [2.24, 2.45) is 5.92 Å². The summed E-state index contributed by atoms with van der Waals surface area (Å²) in [6, 6.07) is 0.551. The maximum Gasteiger partial charge on any atom is 0.0298 e. The zero-order valence-electron chi connectivity index (χ0n) is 8.52. The molecule has 0 N–H and O–H groups in total. The Morgan fingerprint density at radius 3 is 1.91 bits per heavy atom. The topological polar surface area (TPSA) is 3.24 Å². The van der Waals surface area contributed by atoms with Gasteiger partial charge in [0.25, 0.3) is 0 Å². The second-order valence-electron chi connectivity index (χ2n) is 3.96. The van der Waals surface area contributed by atoms with Crippen molar-refractivity contribution in [1.29, 1.82) is 0 Å². The van der Waals surface area contributed by atoms with Crippen molar-refractivity contribution < 1.29 is 0 Å². The molecule has 1 atom stereocenters. The average Bonchev–Trinajstić information content (AvgIpc) is 1.81. The zero-order chi connectivity index (χ0) is 9.02. The molecule has 1 unspecified atom stereocenters. The molecule has 0 saturated carbocycles. The highest BCUT2D eigenvalue weighted by molar-refractivity contribution is 5.01. The Hall–Kier alpha value is -0.300. The van der Waals surface area contributed by atoms with E-state index in [0.717, 1.165) is 5.92 Å². The molecule has 0 heterocycles. The van der Waals surface area contributed by atoms with Crippen LogP contribution in [0.2, 0.25) is 0 Å². The molecule has 1 heteroatoms. The van der Waals surface area contributed by atoms with Crippen molar-refractivity contribution in [3.05, 3.63) is 12.2 Å². The maximum absolute atomic E-state index is 3.99. The van der Waals surface area contributed by atoms with E-state index in [4.69, 9.17) is 0 Å². The van der Waals surface area contributed by atoms with E-state index in [1.165, 1.54) is 12.0 Å². The first-order valence-electron chi connectivity index (χ1n) is 4.27. The molecule has 0 fully saturated rings. The molecule has 0 radical (unpaired) electrons.